The third kappa shape index (κ3) is 2.96. The molecule has 0 fully saturated rings. The molecular weight excluding hydrogens is 298 g/mol. The first-order valence-electron chi connectivity index (χ1n) is 6.92. The van der Waals surface area contributed by atoms with Crippen molar-refractivity contribution in [3.8, 4) is 17.2 Å². The molecule has 3 rings (SSSR count). The molecule has 0 aliphatic rings. The standard InChI is InChI=1S/C17H15NO5/c1-10-18-13-6-5-12(9-15(13)22-10)23-17(19)11-4-7-14(20-2)16(8-11)21-3/h4-9H,1-3H3. The zero-order valence-electron chi connectivity index (χ0n) is 13.0. The Morgan fingerprint density at radius 3 is 2.57 bits per heavy atom. The molecule has 23 heavy (non-hydrogen) atoms. The van der Waals surface area contributed by atoms with Crippen LogP contribution in [-0.2, 0) is 0 Å². The maximum Gasteiger partial charge on any atom is 0.343 e. The quantitative estimate of drug-likeness (QED) is 0.543. The fraction of sp³-hybridized carbons (Fsp3) is 0.176. The third-order valence-corrected chi connectivity index (χ3v) is 3.30. The van der Waals surface area contributed by atoms with Gasteiger partial charge in [0.25, 0.3) is 0 Å². The van der Waals surface area contributed by atoms with E-state index in [2.05, 4.69) is 4.98 Å². The number of aryl methyl sites for hydroxylation is 1. The summed E-state index contributed by atoms with van der Waals surface area (Å²) >= 11 is 0. The average molecular weight is 313 g/mol. The minimum atomic E-state index is -0.499. The summed E-state index contributed by atoms with van der Waals surface area (Å²) in [5, 5.41) is 0. The molecule has 1 heterocycles. The Kier molecular flexibility index (Phi) is 3.89. The van der Waals surface area contributed by atoms with Gasteiger partial charge in [0.2, 0.25) is 0 Å². The number of hydrogen-bond donors (Lipinski definition) is 0. The van der Waals surface area contributed by atoms with Gasteiger partial charge in [-0.25, -0.2) is 9.78 Å². The molecule has 6 nitrogen and oxygen atoms in total. The second-order valence-electron chi connectivity index (χ2n) is 4.82. The number of carbonyl (C=O) groups is 1. The maximum absolute atomic E-state index is 12.3. The van der Waals surface area contributed by atoms with E-state index in [1.54, 1.807) is 43.3 Å². The number of fused-ring (bicyclic) bond motifs is 1. The Bertz CT molecular complexity index is 869. The van der Waals surface area contributed by atoms with Gasteiger partial charge in [0.05, 0.1) is 19.8 Å². The summed E-state index contributed by atoms with van der Waals surface area (Å²) in [7, 11) is 3.04. The Balaban J connectivity index is 1.85. The van der Waals surface area contributed by atoms with Crippen molar-refractivity contribution >= 4 is 17.1 Å². The number of methoxy groups -OCH3 is 2. The molecule has 0 N–H and O–H groups in total. The van der Waals surface area contributed by atoms with E-state index < -0.39 is 5.97 Å². The predicted octanol–water partition coefficient (Wildman–Crippen LogP) is 3.37. The number of hydrogen-bond acceptors (Lipinski definition) is 6. The fourth-order valence-electron chi connectivity index (χ4n) is 2.21. The molecule has 0 radical (unpaired) electrons. The van der Waals surface area contributed by atoms with Crippen LogP contribution in [0.1, 0.15) is 16.2 Å². The molecule has 1 aromatic heterocycles. The summed E-state index contributed by atoms with van der Waals surface area (Å²) in [5.41, 5.74) is 1.64. The number of aromatic nitrogens is 1. The van der Waals surface area contributed by atoms with Crippen molar-refractivity contribution in [1.29, 1.82) is 0 Å². The molecule has 0 unspecified atom stereocenters. The summed E-state index contributed by atoms with van der Waals surface area (Å²) in [6, 6.07) is 9.87. The van der Waals surface area contributed by atoms with Gasteiger partial charge in [-0.1, -0.05) is 0 Å². The number of oxazole rings is 1. The van der Waals surface area contributed by atoms with Gasteiger partial charge in [-0.2, -0.15) is 0 Å². The molecule has 6 heteroatoms. The van der Waals surface area contributed by atoms with Gasteiger partial charge >= 0.3 is 5.97 Å². The van der Waals surface area contributed by atoms with Crippen molar-refractivity contribution < 1.29 is 23.4 Å². The molecule has 0 saturated carbocycles. The van der Waals surface area contributed by atoms with Crippen molar-refractivity contribution in [1.82, 2.24) is 4.98 Å². The minimum absolute atomic E-state index is 0.358. The predicted molar refractivity (Wildman–Crippen MR) is 83.3 cm³/mol. The van der Waals surface area contributed by atoms with Crippen molar-refractivity contribution in [3.05, 3.63) is 47.9 Å². The van der Waals surface area contributed by atoms with Crippen LogP contribution in [0.2, 0.25) is 0 Å². The summed E-state index contributed by atoms with van der Waals surface area (Å²) in [6.45, 7) is 1.76. The zero-order chi connectivity index (χ0) is 16.4. The number of rotatable bonds is 4. The number of nitrogens with zero attached hydrogens (tertiary/aromatic N) is 1. The summed E-state index contributed by atoms with van der Waals surface area (Å²) in [6.07, 6.45) is 0. The van der Waals surface area contributed by atoms with Crippen LogP contribution in [0.5, 0.6) is 17.2 Å². The molecule has 3 aromatic rings. The molecule has 0 bridgehead atoms. The smallest absolute Gasteiger partial charge is 0.343 e. The molecule has 0 saturated heterocycles. The molecule has 0 spiro atoms. The Morgan fingerprint density at radius 1 is 1.04 bits per heavy atom. The minimum Gasteiger partial charge on any atom is -0.493 e. The van der Waals surface area contributed by atoms with Gasteiger partial charge in [0.15, 0.2) is 23.0 Å². The van der Waals surface area contributed by atoms with E-state index >= 15 is 0 Å². The first-order valence-corrected chi connectivity index (χ1v) is 6.92. The highest BCUT2D eigenvalue weighted by Gasteiger charge is 2.14. The molecular formula is C17H15NO5. The van der Waals surface area contributed by atoms with Crippen LogP contribution in [0.15, 0.2) is 40.8 Å². The number of esters is 1. The molecule has 2 aromatic carbocycles. The van der Waals surface area contributed by atoms with E-state index in [4.69, 9.17) is 18.6 Å². The monoisotopic (exact) mass is 313 g/mol. The molecule has 0 amide bonds. The van der Waals surface area contributed by atoms with Gasteiger partial charge < -0.3 is 18.6 Å². The highest BCUT2D eigenvalue weighted by molar-refractivity contribution is 5.92. The van der Waals surface area contributed by atoms with Crippen LogP contribution in [0, 0.1) is 6.92 Å². The SMILES string of the molecule is COc1ccc(C(=O)Oc2ccc3nc(C)oc3c2)cc1OC. The molecule has 118 valence electrons. The normalized spacial score (nSPS) is 10.6. The van der Waals surface area contributed by atoms with Crippen LogP contribution in [0.3, 0.4) is 0 Å². The zero-order valence-corrected chi connectivity index (χ0v) is 13.0. The van der Waals surface area contributed by atoms with Crippen molar-refractivity contribution in [2.24, 2.45) is 0 Å². The molecule has 0 aliphatic carbocycles. The lowest BCUT2D eigenvalue weighted by atomic mass is 10.2. The van der Waals surface area contributed by atoms with Crippen molar-refractivity contribution in [2.75, 3.05) is 14.2 Å². The van der Waals surface area contributed by atoms with E-state index in [0.29, 0.717) is 39.8 Å². The van der Waals surface area contributed by atoms with Crippen LogP contribution in [-0.4, -0.2) is 25.2 Å². The second kappa shape index (κ2) is 6.00. The lowest BCUT2D eigenvalue weighted by Crippen LogP contribution is -2.08. The van der Waals surface area contributed by atoms with Crippen LogP contribution >= 0.6 is 0 Å². The number of benzene rings is 2. The van der Waals surface area contributed by atoms with E-state index in [1.165, 1.54) is 14.2 Å². The summed E-state index contributed by atoms with van der Waals surface area (Å²) < 4.78 is 21.1. The van der Waals surface area contributed by atoms with Gasteiger partial charge in [-0.3, -0.25) is 0 Å². The van der Waals surface area contributed by atoms with Gasteiger partial charge in [-0.05, 0) is 30.3 Å². The highest BCUT2D eigenvalue weighted by Crippen LogP contribution is 2.28. The van der Waals surface area contributed by atoms with E-state index in [9.17, 15) is 4.79 Å². The lowest BCUT2D eigenvalue weighted by molar-refractivity contribution is 0.0734. The average Bonchev–Trinajstić information content (AvgIpc) is 2.93. The fourth-order valence-corrected chi connectivity index (χ4v) is 2.21. The largest absolute Gasteiger partial charge is 0.493 e. The Labute approximate surface area is 132 Å². The summed E-state index contributed by atoms with van der Waals surface area (Å²) in [4.78, 5) is 16.5. The summed E-state index contributed by atoms with van der Waals surface area (Å²) in [5.74, 6) is 1.45. The number of ether oxygens (including phenoxy) is 3. The van der Waals surface area contributed by atoms with Gasteiger partial charge in [0, 0.05) is 13.0 Å². The maximum atomic E-state index is 12.3. The first kappa shape index (κ1) is 14.9. The highest BCUT2D eigenvalue weighted by atomic mass is 16.5. The first-order chi connectivity index (χ1) is 11.1. The van der Waals surface area contributed by atoms with Gasteiger partial charge in [-0.15, -0.1) is 0 Å². The van der Waals surface area contributed by atoms with Gasteiger partial charge in [0.1, 0.15) is 11.3 Å². The third-order valence-electron chi connectivity index (χ3n) is 3.30. The van der Waals surface area contributed by atoms with Crippen LogP contribution in [0.25, 0.3) is 11.1 Å². The van der Waals surface area contributed by atoms with Crippen LogP contribution in [0.4, 0.5) is 0 Å². The molecule has 0 atom stereocenters. The van der Waals surface area contributed by atoms with Crippen molar-refractivity contribution in [2.45, 2.75) is 6.92 Å². The molecule has 0 aliphatic heterocycles. The second-order valence-corrected chi connectivity index (χ2v) is 4.82. The van der Waals surface area contributed by atoms with Crippen molar-refractivity contribution in [3.63, 3.8) is 0 Å². The Hall–Kier alpha value is -3.02. The lowest BCUT2D eigenvalue weighted by Gasteiger charge is -2.09. The van der Waals surface area contributed by atoms with E-state index in [-0.39, 0.29) is 0 Å². The number of carbonyl (C=O) groups excluding carboxylic acids is 1. The topological polar surface area (TPSA) is 70.8 Å². The van der Waals surface area contributed by atoms with Crippen LogP contribution < -0.4 is 14.2 Å². The van der Waals surface area contributed by atoms with E-state index in [1.807, 2.05) is 0 Å². The Morgan fingerprint density at radius 2 is 1.83 bits per heavy atom. The van der Waals surface area contributed by atoms with E-state index in [0.717, 1.165) is 0 Å².